The first-order chi connectivity index (χ1) is 5.61. The minimum atomic E-state index is -1.44. The van der Waals surface area contributed by atoms with Crippen LogP contribution in [0.3, 0.4) is 0 Å². The molecular formula is C8H11NO3. The summed E-state index contributed by atoms with van der Waals surface area (Å²) in [6.45, 7) is 0. The second-order valence-corrected chi connectivity index (χ2v) is 2.77. The van der Waals surface area contributed by atoms with E-state index in [-0.39, 0.29) is 5.78 Å². The molecule has 0 spiro atoms. The lowest BCUT2D eigenvalue weighted by Gasteiger charge is -2.25. The Morgan fingerprint density at radius 2 is 2.42 bits per heavy atom. The Balaban J connectivity index is 2.90. The van der Waals surface area contributed by atoms with Crippen molar-refractivity contribution >= 4 is 11.8 Å². The van der Waals surface area contributed by atoms with Gasteiger partial charge in [-0.2, -0.15) is 0 Å². The number of hydrogen-bond donors (Lipinski definition) is 1. The van der Waals surface area contributed by atoms with Gasteiger partial charge >= 0.3 is 5.97 Å². The van der Waals surface area contributed by atoms with Crippen molar-refractivity contribution in [3.8, 4) is 0 Å². The fourth-order valence-electron chi connectivity index (χ4n) is 1.16. The molecule has 1 rings (SSSR count). The van der Waals surface area contributed by atoms with Crippen molar-refractivity contribution < 1.29 is 14.3 Å². The molecule has 0 heterocycles. The Morgan fingerprint density at radius 3 is 2.92 bits per heavy atom. The quantitative estimate of drug-likeness (QED) is 0.435. The smallest absolute Gasteiger partial charge is 0.333 e. The van der Waals surface area contributed by atoms with Gasteiger partial charge in [0, 0.05) is 0 Å². The Hall–Kier alpha value is -1.16. The first-order valence-electron chi connectivity index (χ1n) is 3.69. The monoisotopic (exact) mass is 169 g/mol. The molecule has 4 nitrogen and oxygen atoms in total. The summed E-state index contributed by atoms with van der Waals surface area (Å²) < 4.78 is 4.44. The number of methoxy groups -OCH3 is 1. The Kier molecular flexibility index (Phi) is 2.28. The standard InChI is InChI=1S/C8H11NO3/c1-12-7(11)8(9)5-3-2-4-6(8)10/h2,4H,3,5,9H2,1H3/t8-/m0/s1. The molecule has 0 aromatic rings. The molecule has 1 atom stereocenters. The van der Waals surface area contributed by atoms with E-state index in [4.69, 9.17) is 5.73 Å². The van der Waals surface area contributed by atoms with Crippen LogP contribution in [0, 0.1) is 0 Å². The number of nitrogens with two attached hydrogens (primary N) is 1. The van der Waals surface area contributed by atoms with Crippen molar-refractivity contribution in [1.29, 1.82) is 0 Å². The zero-order chi connectivity index (χ0) is 9.19. The van der Waals surface area contributed by atoms with E-state index in [0.717, 1.165) is 0 Å². The van der Waals surface area contributed by atoms with Crippen LogP contribution in [-0.2, 0) is 14.3 Å². The molecule has 1 aliphatic carbocycles. The summed E-state index contributed by atoms with van der Waals surface area (Å²) in [5, 5.41) is 0. The lowest BCUT2D eigenvalue weighted by molar-refractivity contribution is -0.150. The van der Waals surface area contributed by atoms with Gasteiger partial charge in [0.1, 0.15) is 0 Å². The number of carbonyl (C=O) groups excluding carboxylic acids is 2. The van der Waals surface area contributed by atoms with Crippen LogP contribution >= 0.6 is 0 Å². The third-order valence-electron chi connectivity index (χ3n) is 1.96. The molecule has 0 aromatic carbocycles. The normalized spacial score (nSPS) is 28.7. The van der Waals surface area contributed by atoms with Gasteiger partial charge < -0.3 is 10.5 Å². The minimum absolute atomic E-state index is 0.328. The number of rotatable bonds is 1. The lowest BCUT2D eigenvalue weighted by atomic mass is 9.86. The highest BCUT2D eigenvalue weighted by molar-refractivity contribution is 6.13. The van der Waals surface area contributed by atoms with Crippen molar-refractivity contribution in [2.75, 3.05) is 7.11 Å². The summed E-state index contributed by atoms with van der Waals surface area (Å²) >= 11 is 0. The maximum atomic E-state index is 11.2. The molecule has 0 unspecified atom stereocenters. The van der Waals surface area contributed by atoms with Crippen molar-refractivity contribution in [3.63, 3.8) is 0 Å². The summed E-state index contributed by atoms with van der Waals surface area (Å²) in [5.41, 5.74) is 4.14. The number of allylic oxidation sites excluding steroid dienone is 1. The maximum Gasteiger partial charge on any atom is 0.333 e. The van der Waals surface area contributed by atoms with E-state index in [1.165, 1.54) is 13.2 Å². The molecule has 12 heavy (non-hydrogen) atoms. The molecule has 0 radical (unpaired) electrons. The molecular weight excluding hydrogens is 158 g/mol. The van der Waals surface area contributed by atoms with Crippen molar-refractivity contribution in [3.05, 3.63) is 12.2 Å². The molecule has 66 valence electrons. The van der Waals surface area contributed by atoms with Gasteiger partial charge in [-0.1, -0.05) is 6.08 Å². The van der Waals surface area contributed by atoms with Gasteiger partial charge in [0.05, 0.1) is 7.11 Å². The fourth-order valence-corrected chi connectivity index (χ4v) is 1.16. The molecule has 0 aliphatic heterocycles. The predicted molar refractivity (Wildman–Crippen MR) is 42.3 cm³/mol. The van der Waals surface area contributed by atoms with Crippen molar-refractivity contribution in [2.24, 2.45) is 5.73 Å². The minimum Gasteiger partial charge on any atom is -0.467 e. The topological polar surface area (TPSA) is 69.4 Å². The molecule has 2 N–H and O–H groups in total. The second kappa shape index (κ2) is 3.06. The summed E-state index contributed by atoms with van der Waals surface area (Å²) in [6.07, 6.45) is 4.00. The molecule has 0 saturated heterocycles. The van der Waals surface area contributed by atoms with Crippen LogP contribution in [0.25, 0.3) is 0 Å². The average Bonchev–Trinajstić information content (AvgIpc) is 2.09. The van der Waals surface area contributed by atoms with E-state index in [1.54, 1.807) is 6.08 Å². The summed E-state index contributed by atoms with van der Waals surface area (Å²) in [5.74, 6) is -1.03. The first-order valence-corrected chi connectivity index (χ1v) is 3.69. The number of hydrogen-bond acceptors (Lipinski definition) is 4. The third kappa shape index (κ3) is 1.25. The van der Waals surface area contributed by atoms with Crippen molar-refractivity contribution in [2.45, 2.75) is 18.4 Å². The predicted octanol–water partition coefficient (Wildman–Crippen LogP) is -0.224. The highest BCUT2D eigenvalue weighted by Crippen LogP contribution is 2.18. The molecule has 0 fully saturated rings. The number of ketones is 1. The van der Waals surface area contributed by atoms with Gasteiger partial charge in [-0.3, -0.25) is 4.79 Å². The van der Waals surface area contributed by atoms with E-state index in [1.807, 2.05) is 0 Å². The summed E-state index contributed by atoms with van der Waals surface area (Å²) in [4.78, 5) is 22.3. The zero-order valence-corrected chi connectivity index (χ0v) is 6.87. The first kappa shape index (κ1) is 8.93. The molecule has 0 aromatic heterocycles. The van der Waals surface area contributed by atoms with Crippen LogP contribution in [-0.4, -0.2) is 24.4 Å². The highest BCUT2D eigenvalue weighted by Gasteiger charge is 2.42. The molecule has 1 aliphatic rings. The van der Waals surface area contributed by atoms with Crippen LogP contribution in [0.15, 0.2) is 12.2 Å². The molecule has 4 heteroatoms. The van der Waals surface area contributed by atoms with Crippen molar-refractivity contribution in [1.82, 2.24) is 0 Å². The van der Waals surface area contributed by atoms with E-state index in [0.29, 0.717) is 12.8 Å². The molecule has 0 saturated carbocycles. The van der Waals surface area contributed by atoms with Crippen LogP contribution in [0.1, 0.15) is 12.8 Å². The van der Waals surface area contributed by atoms with Gasteiger partial charge in [-0.25, -0.2) is 4.79 Å². The Bertz CT molecular complexity index is 247. The Labute approximate surface area is 70.4 Å². The SMILES string of the molecule is COC(=O)[C@]1(N)CCC=CC1=O. The largest absolute Gasteiger partial charge is 0.467 e. The second-order valence-electron chi connectivity index (χ2n) is 2.77. The van der Waals surface area contributed by atoms with Crippen LogP contribution in [0.5, 0.6) is 0 Å². The summed E-state index contributed by atoms with van der Waals surface area (Å²) in [7, 11) is 1.22. The maximum absolute atomic E-state index is 11.2. The van der Waals surface area contributed by atoms with Gasteiger partial charge in [0.2, 0.25) is 0 Å². The average molecular weight is 169 g/mol. The van der Waals surface area contributed by atoms with E-state index >= 15 is 0 Å². The fraction of sp³-hybridized carbons (Fsp3) is 0.500. The van der Waals surface area contributed by atoms with Gasteiger partial charge in [-0.05, 0) is 18.9 Å². The molecule has 0 bridgehead atoms. The van der Waals surface area contributed by atoms with E-state index in [2.05, 4.69) is 4.74 Å². The van der Waals surface area contributed by atoms with Gasteiger partial charge in [0.15, 0.2) is 11.3 Å². The van der Waals surface area contributed by atoms with E-state index in [9.17, 15) is 9.59 Å². The number of carbonyl (C=O) groups is 2. The number of ether oxygens (including phenoxy) is 1. The summed E-state index contributed by atoms with van der Waals surface area (Å²) in [6, 6.07) is 0. The van der Waals surface area contributed by atoms with Crippen LogP contribution < -0.4 is 5.73 Å². The zero-order valence-electron chi connectivity index (χ0n) is 6.87. The number of esters is 1. The Morgan fingerprint density at radius 1 is 1.75 bits per heavy atom. The van der Waals surface area contributed by atoms with Gasteiger partial charge in [0.25, 0.3) is 0 Å². The van der Waals surface area contributed by atoms with E-state index < -0.39 is 11.5 Å². The third-order valence-corrected chi connectivity index (χ3v) is 1.96. The van der Waals surface area contributed by atoms with Gasteiger partial charge in [-0.15, -0.1) is 0 Å². The van der Waals surface area contributed by atoms with Crippen LogP contribution in [0.2, 0.25) is 0 Å². The highest BCUT2D eigenvalue weighted by atomic mass is 16.5. The molecule has 0 amide bonds. The lowest BCUT2D eigenvalue weighted by Crippen LogP contribution is -2.55. The van der Waals surface area contributed by atoms with Crippen LogP contribution in [0.4, 0.5) is 0 Å².